The smallest absolute Gasteiger partial charge is 0.234 e. The molecule has 0 aliphatic rings. The van der Waals surface area contributed by atoms with Crippen LogP contribution in [0.4, 0.5) is 5.69 Å². The first kappa shape index (κ1) is 17.3. The number of carbonyl (C=O) groups excluding carboxylic acids is 1. The molecule has 1 amide bonds. The number of benzene rings is 2. The maximum atomic E-state index is 12.1. The number of anilines is 1. The maximum absolute atomic E-state index is 12.1. The fourth-order valence-corrected chi connectivity index (χ4v) is 3.67. The van der Waals surface area contributed by atoms with Crippen LogP contribution >= 0.6 is 35.1 Å². The second-order valence-electron chi connectivity index (χ2n) is 4.60. The number of hydrogen-bond acceptors (Lipinski definition) is 3. The second kappa shape index (κ2) is 9.13. The Morgan fingerprint density at radius 3 is 2.77 bits per heavy atom. The normalized spacial score (nSPS) is 10.5. The fraction of sp³-hybridized carbons (Fsp3) is 0.235. The van der Waals surface area contributed by atoms with Crippen LogP contribution in [0.25, 0.3) is 0 Å². The third kappa shape index (κ3) is 5.59. The highest BCUT2D eigenvalue weighted by Gasteiger charge is 2.07. The molecule has 0 spiro atoms. The van der Waals surface area contributed by atoms with Gasteiger partial charge < -0.3 is 5.32 Å². The van der Waals surface area contributed by atoms with E-state index in [1.807, 2.05) is 48.5 Å². The van der Waals surface area contributed by atoms with Crippen molar-refractivity contribution in [2.75, 3.05) is 16.8 Å². The number of halogens is 1. The van der Waals surface area contributed by atoms with Gasteiger partial charge in [-0.2, -0.15) is 0 Å². The Kier molecular flexibility index (Phi) is 7.16. The van der Waals surface area contributed by atoms with Crippen molar-refractivity contribution in [3.8, 4) is 0 Å². The first-order valence-electron chi connectivity index (χ1n) is 7.03. The molecule has 0 bridgehead atoms. The molecule has 5 heteroatoms. The largest absolute Gasteiger partial charge is 0.324 e. The Morgan fingerprint density at radius 2 is 2.00 bits per heavy atom. The molecule has 0 fully saturated rings. The summed E-state index contributed by atoms with van der Waals surface area (Å²) in [6.45, 7) is 2.10. The van der Waals surface area contributed by atoms with Gasteiger partial charge in [0.2, 0.25) is 5.91 Å². The summed E-state index contributed by atoms with van der Waals surface area (Å²) in [7, 11) is 0. The van der Waals surface area contributed by atoms with Crippen molar-refractivity contribution in [1.82, 2.24) is 0 Å². The van der Waals surface area contributed by atoms with Gasteiger partial charge in [0.15, 0.2) is 0 Å². The molecule has 0 unspecified atom stereocenters. The number of rotatable bonds is 7. The van der Waals surface area contributed by atoms with Crippen molar-refractivity contribution >= 4 is 46.7 Å². The number of hydrogen-bond donors (Lipinski definition) is 1. The van der Waals surface area contributed by atoms with Crippen molar-refractivity contribution in [3.63, 3.8) is 0 Å². The van der Waals surface area contributed by atoms with Crippen molar-refractivity contribution in [2.45, 2.75) is 17.6 Å². The molecule has 2 nitrogen and oxygen atoms in total. The van der Waals surface area contributed by atoms with Crippen LogP contribution in [0.5, 0.6) is 0 Å². The summed E-state index contributed by atoms with van der Waals surface area (Å²) >= 11 is 9.26. The lowest BCUT2D eigenvalue weighted by molar-refractivity contribution is -0.113. The van der Waals surface area contributed by atoms with Crippen LogP contribution in [-0.4, -0.2) is 17.4 Å². The summed E-state index contributed by atoms with van der Waals surface area (Å²) in [5, 5.41) is 3.72. The standard InChI is InChI=1S/C17H18ClNOS2/c1-2-22-16-9-4-3-8-15(16)19-17(20)12-21-11-13-6-5-7-14(18)10-13/h3-10H,2,11-12H2,1H3,(H,19,20). The van der Waals surface area contributed by atoms with Gasteiger partial charge in [-0.1, -0.05) is 42.8 Å². The minimum atomic E-state index is 0.0242. The molecule has 0 saturated carbocycles. The zero-order valence-corrected chi connectivity index (χ0v) is 14.7. The number of amides is 1. The highest BCUT2D eigenvalue weighted by Crippen LogP contribution is 2.26. The quantitative estimate of drug-likeness (QED) is 0.684. The van der Waals surface area contributed by atoms with E-state index in [0.29, 0.717) is 5.75 Å². The minimum Gasteiger partial charge on any atom is -0.324 e. The van der Waals surface area contributed by atoms with E-state index >= 15 is 0 Å². The SMILES string of the molecule is CCSc1ccccc1NC(=O)CSCc1cccc(Cl)c1. The Bertz CT molecular complexity index is 634. The summed E-state index contributed by atoms with van der Waals surface area (Å²) in [5.41, 5.74) is 2.02. The van der Waals surface area contributed by atoms with Crippen molar-refractivity contribution < 1.29 is 4.79 Å². The van der Waals surface area contributed by atoms with Crippen LogP contribution < -0.4 is 5.32 Å². The van der Waals surface area contributed by atoms with Crippen LogP contribution in [0.15, 0.2) is 53.4 Å². The van der Waals surface area contributed by atoms with Gasteiger partial charge in [0.05, 0.1) is 11.4 Å². The summed E-state index contributed by atoms with van der Waals surface area (Å²) in [4.78, 5) is 13.2. The Balaban J connectivity index is 1.83. The van der Waals surface area contributed by atoms with Gasteiger partial charge in [-0.05, 0) is 35.6 Å². The predicted octanol–water partition coefficient (Wildman–Crippen LogP) is 5.32. The van der Waals surface area contributed by atoms with Crippen molar-refractivity contribution in [3.05, 3.63) is 59.1 Å². The molecule has 0 aliphatic carbocycles. The van der Waals surface area contributed by atoms with Gasteiger partial charge >= 0.3 is 0 Å². The fourth-order valence-electron chi connectivity index (χ4n) is 1.93. The van der Waals surface area contributed by atoms with E-state index in [2.05, 4.69) is 12.2 Å². The lowest BCUT2D eigenvalue weighted by atomic mass is 10.2. The van der Waals surface area contributed by atoms with Crippen LogP contribution in [0, 0.1) is 0 Å². The minimum absolute atomic E-state index is 0.0242. The molecule has 2 rings (SSSR count). The molecule has 0 atom stereocenters. The monoisotopic (exact) mass is 351 g/mol. The molecule has 0 saturated heterocycles. The number of para-hydroxylation sites is 1. The highest BCUT2D eigenvalue weighted by atomic mass is 35.5. The third-order valence-electron chi connectivity index (χ3n) is 2.85. The number of thioether (sulfide) groups is 2. The van der Waals surface area contributed by atoms with E-state index < -0.39 is 0 Å². The Hall–Kier alpha value is -1.10. The van der Waals surface area contributed by atoms with E-state index in [1.165, 1.54) is 0 Å². The summed E-state index contributed by atoms with van der Waals surface area (Å²) in [6, 6.07) is 15.6. The number of carbonyl (C=O) groups is 1. The predicted molar refractivity (Wildman–Crippen MR) is 99.1 cm³/mol. The van der Waals surface area contributed by atoms with Gasteiger partial charge in [0.25, 0.3) is 0 Å². The van der Waals surface area contributed by atoms with Crippen LogP contribution in [-0.2, 0) is 10.5 Å². The molecule has 1 N–H and O–H groups in total. The topological polar surface area (TPSA) is 29.1 Å². The summed E-state index contributed by atoms with van der Waals surface area (Å²) in [5.74, 6) is 2.21. The molecule has 0 aromatic heterocycles. The molecule has 0 aliphatic heterocycles. The average molecular weight is 352 g/mol. The van der Waals surface area contributed by atoms with Crippen molar-refractivity contribution in [1.29, 1.82) is 0 Å². The Labute approximate surface area is 145 Å². The lowest BCUT2D eigenvalue weighted by Gasteiger charge is -2.10. The van der Waals surface area contributed by atoms with E-state index in [4.69, 9.17) is 11.6 Å². The number of nitrogens with one attached hydrogen (secondary N) is 1. The molecule has 116 valence electrons. The van der Waals surface area contributed by atoms with E-state index in [-0.39, 0.29) is 5.91 Å². The third-order valence-corrected chi connectivity index (χ3v) is 5.05. The average Bonchev–Trinajstić information content (AvgIpc) is 2.49. The van der Waals surface area contributed by atoms with Crippen LogP contribution in [0.3, 0.4) is 0 Å². The zero-order chi connectivity index (χ0) is 15.8. The zero-order valence-electron chi connectivity index (χ0n) is 12.3. The van der Waals surface area contributed by atoms with E-state index in [1.54, 1.807) is 23.5 Å². The van der Waals surface area contributed by atoms with Crippen LogP contribution in [0.2, 0.25) is 5.02 Å². The molecular formula is C17H18ClNOS2. The highest BCUT2D eigenvalue weighted by molar-refractivity contribution is 7.99. The van der Waals surface area contributed by atoms with Gasteiger partial charge in [-0.15, -0.1) is 23.5 Å². The van der Waals surface area contributed by atoms with E-state index in [9.17, 15) is 4.79 Å². The molecule has 0 heterocycles. The molecule has 0 radical (unpaired) electrons. The van der Waals surface area contributed by atoms with Crippen LogP contribution in [0.1, 0.15) is 12.5 Å². The van der Waals surface area contributed by atoms with Gasteiger partial charge in [0, 0.05) is 15.7 Å². The molecule has 22 heavy (non-hydrogen) atoms. The second-order valence-corrected chi connectivity index (χ2v) is 7.33. The van der Waals surface area contributed by atoms with E-state index in [0.717, 1.165) is 32.7 Å². The van der Waals surface area contributed by atoms with Gasteiger partial charge in [0.1, 0.15) is 0 Å². The summed E-state index contributed by atoms with van der Waals surface area (Å²) < 4.78 is 0. The lowest BCUT2D eigenvalue weighted by Crippen LogP contribution is -2.14. The molecular weight excluding hydrogens is 334 g/mol. The maximum Gasteiger partial charge on any atom is 0.234 e. The summed E-state index contributed by atoms with van der Waals surface area (Å²) in [6.07, 6.45) is 0. The first-order chi connectivity index (χ1) is 10.7. The van der Waals surface area contributed by atoms with Crippen molar-refractivity contribution in [2.24, 2.45) is 0 Å². The Morgan fingerprint density at radius 1 is 1.18 bits per heavy atom. The van der Waals surface area contributed by atoms with Gasteiger partial charge in [-0.25, -0.2) is 0 Å². The first-order valence-corrected chi connectivity index (χ1v) is 9.54. The molecule has 2 aromatic rings. The molecule has 2 aromatic carbocycles. The van der Waals surface area contributed by atoms with Gasteiger partial charge in [-0.3, -0.25) is 4.79 Å².